The van der Waals surface area contributed by atoms with Gasteiger partial charge in [-0.25, -0.2) is 0 Å². The summed E-state index contributed by atoms with van der Waals surface area (Å²) in [7, 11) is -3.39. The normalized spacial score (nSPS) is 23.6. The first-order chi connectivity index (χ1) is 9.35. The first-order valence-electron chi connectivity index (χ1n) is 6.38. The maximum absolute atomic E-state index is 10.9. The van der Waals surface area contributed by atoms with Crippen LogP contribution in [0.15, 0.2) is 12.4 Å². The minimum absolute atomic E-state index is 0.00691. The zero-order chi connectivity index (χ0) is 14.8. The number of rotatable bonds is 5. The number of nitro groups is 1. The average molecular weight is 303 g/mol. The fourth-order valence-electron chi connectivity index (χ4n) is 2.42. The van der Waals surface area contributed by atoms with Crippen molar-refractivity contribution in [3.63, 3.8) is 0 Å². The molecule has 1 heterocycles. The Morgan fingerprint density at radius 2 is 2.10 bits per heavy atom. The fraction of sp³-hybridized carbons (Fsp3) is 0.727. The summed E-state index contributed by atoms with van der Waals surface area (Å²) < 4.78 is 28.3. The lowest BCUT2D eigenvalue weighted by atomic mass is 9.87. The third-order valence-corrected chi connectivity index (χ3v) is 4.07. The Kier molecular flexibility index (Phi) is 4.39. The van der Waals surface area contributed by atoms with Crippen LogP contribution in [0.25, 0.3) is 0 Å². The Balaban J connectivity index is 1.86. The van der Waals surface area contributed by atoms with E-state index in [1.54, 1.807) is 4.68 Å². The van der Waals surface area contributed by atoms with E-state index < -0.39 is 15.0 Å². The van der Waals surface area contributed by atoms with E-state index in [1.165, 1.54) is 12.4 Å². The highest BCUT2D eigenvalue weighted by molar-refractivity contribution is 7.85. The molecule has 0 saturated heterocycles. The average Bonchev–Trinajstić information content (AvgIpc) is 2.86. The van der Waals surface area contributed by atoms with E-state index in [1.807, 2.05) is 0 Å². The summed E-state index contributed by atoms with van der Waals surface area (Å²) in [6.45, 7) is 0.213. The topological polar surface area (TPSA) is 104 Å². The molecule has 1 aromatic heterocycles. The number of nitrogens with zero attached hydrogens (tertiary/aromatic N) is 3. The van der Waals surface area contributed by atoms with Gasteiger partial charge < -0.3 is 0 Å². The van der Waals surface area contributed by atoms with Crippen LogP contribution in [0, 0.1) is 16.0 Å². The van der Waals surface area contributed by atoms with Crippen LogP contribution in [0.2, 0.25) is 0 Å². The summed E-state index contributed by atoms with van der Waals surface area (Å²) >= 11 is 0. The SMILES string of the molecule is CS(=O)(=O)OCC1CCC(n2cc([N+](=O)[O-])cn2)CC1. The molecule has 0 amide bonds. The largest absolute Gasteiger partial charge is 0.307 e. The van der Waals surface area contributed by atoms with Crippen molar-refractivity contribution in [3.05, 3.63) is 22.5 Å². The minimum atomic E-state index is -3.39. The van der Waals surface area contributed by atoms with Gasteiger partial charge in [-0.1, -0.05) is 0 Å². The lowest BCUT2D eigenvalue weighted by Crippen LogP contribution is -2.22. The third-order valence-electron chi connectivity index (χ3n) is 3.51. The summed E-state index contributed by atoms with van der Waals surface area (Å²) in [6.07, 6.45) is 7.02. The summed E-state index contributed by atoms with van der Waals surface area (Å²) in [5.41, 5.74) is -0.00691. The molecule has 1 aromatic rings. The first kappa shape index (κ1) is 14.9. The molecule has 0 unspecified atom stereocenters. The fourth-order valence-corrected chi connectivity index (χ4v) is 2.86. The number of aromatic nitrogens is 2. The summed E-state index contributed by atoms with van der Waals surface area (Å²) in [5, 5.41) is 14.6. The molecule has 0 spiro atoms. The van der Waals surface area contributed by atoms with Crippen LogP contribution >= 0.6 is 0 Å². The second-order valence-electron chi connectivity index (χ2n) is 5.10. The van der Waals surface area contributed by atoms with E-state index >= 15 is 0 Å². The van der Waals surface area contributed by atoms with E-state index in [-0.39, 0.29) is 24.3 Å². The number of hydrogen-bond donors (Lipinski definition) is 0. The van der Waals surface area contributed by atoms with Gasteiger partial charge in [-0.05, 0) is 31.6 Å². The molecule has 1 aliphatic rings. The first-order valence-corrected chi connectivity index (χ1v) is 8.20. The Labute approximate surface area is 117 Å². The standard InChI is InChI=1S/C11H17N3O5S/c1-20(17,18)19-8-9-2-4-10(5-3-9)13-7-11(6-12-13)14(15)16/h6-7,9-10H,2-5,8H2,1H3. The maximum atomic E-state index is 10.9. The van der Waals surface area contributed by atoms with Gasteiger partial charge in [-0.15, -0.1) is 0 Å². The van der Waals surface area contributed by atoms with E-state index in [0.717, 1.165) is 31.9 Å². The molecule has 0 radical (unpaired) electrons. The highest BCUT2D eigenvalue weighted by Crippen LogP contribution is 2.32. The zero-order valence-electron chi connectivity index (χ0n) is 11.1. The quantitative estimate of drug-likeness (QED) is 0.464. The van der Waals surface area contributed by atoms with Gasteiger partial charge in [-0.2, -0.15) is 13.5 Å². The van der Waals surface area contributed by atoms with Crippen molar-refractivity contribution < 1.29 is 17.5 Å². The molecule has 1 saturated carbocycles. The Bertz CT molecular complexity index is 575. The third kappa shape index (κ3) is 4.01. The molecule has 1 fully saturated rings. The van der Waals surface area contributed by atoms with Gasteiger partial charge in [0.15, 0.2) is 0 Å². The lowest BCUT2D eigenvalue weighted by molar-refractivity contribution is -0.385. The molecule has 0 aromatic carbocycles. The monoisotopic (exact) mass is 303 g/mol. The van der Waals surface area contributed by atoms with Gasteiger partial charge in [0.1, 0.15) is 12.4 Å². The smallest absolute Gasteiger partial charge is 0.270 e. The molecule has 1 aliphatic carbocycles. The van der Waals surface area contributed by atoms with Crippen LogP contribution in [-0.2, 0) is 14.3 Å². The Morgan fingerprint density at radius 1 is 1.45 bits per heavy atom. The van der Waals surface area contributed by atoms with Gasteiger partial charge in [0.2, 0.25) is 0 Å². The summed E-state index contributed by atoms with van der Waals surface area (Å²) in [4.78, 5) is 10.1. The molecule has 0 N–H and O–H groups in total. The van der Waals surface area contributed by atoms with E-state index in [4.69, 9.17) is 4.18 Å². The van der Waals surface area contributed by atoms with Crippen molar-refractivity contribution in [1.82, 2.24) is 9.78 Å². The highest BCUT2D eigenvalue weighted by atomic mass is 32.2. The van der Waals surface area contributed by atoms with E-state index in [2.05, 4.69) is 5.10 Å². The maximum Gasteiger partial charge on any atom is 0.307 e. The molecule has 0 aliphatic heterocycles. The molecule has 9 heteroatoms. The molecular weight excluding hydrogens is 286 g/mol. The predicted octanol–water partition coefficient (Wildman–Crippen LogP) is 1.50. The van der Waals surface area contributed by atoms with Crippen LogP contribution in [0.5, 0.6) is 0 Å². The molecule has 112 valence electrons. The second kappa shape index (κ2) is 5.88. The minimum Gasteiger partial charge on any atom is -0.270 e. The van der Waals surface area contributed by atoms with Crippen LogP contribution in [0.4, 0.5) is 5.69 Å². The lowest BCUT2D eigenvalue weighted by Gasteiger charge is -2.27. The van der Waals surface area contributed by atoms with E-state index in [9.17, 15) is 18.5 Å². The van der Waals surface area contributed by atoms with Crippen LogP contribution in [0.1, 0.15) is 31.7 Å². The van der Waals surface area contributed by atoms with Crippen LogP contribution in [-0.4, -0.2) is 36.0 Å². The molecule has 0 atom stereocenters. The van der Waals surface area contributed by atoms with Gasteiger partial charge in [-0.3, -0.25) is 19.0 Å². The van der Waals surface area contributed by atoms with Crippen LogP contribution < -0.4 is 0 Å². The summed E-state index contributed by atoms with van der Waals surface area (Å²) in [5.74, 6) is 0.214. The predicted molar refractivity (Wildman–Crippen MR) is 70.7 cm³/mol. The Hall–Kier alpha value is -1.48. The van der Waals surface area contributed by atoms with Crippen molar-refractivity contribution in [2.24, 2.45) is 5.92 Å². The molecule has 0 bridgehead atoms. The number of hydrogen-bond acceptors (Lipinski definition) is 6. The van der Waals surface area contributed by atoms with Crippen molar-refractivity contribution in [3.8, 4) is 0 Å². The van der Waals surface area contributed by atoms with Crippen molar-refractivity contribution in [1.29, 1.82) is 0 Å². The van der Waals surface area contributed by atoms with Gasteiger partial charge in [0.25, 0.3) is 10.1 Å². The van der Waals surface area contributed by atoms with Crippen molar-refractivity contribution in [2.45, 2.75) is 31.7 Å². The zero-order valence-corrected chi connectivity index (χ0v) is 12.0. The summed E-state index contributed by atoms with van der Waals surface area (Å²) in [6, 6.07) is 0.137. The molecule has 8 nitrogen and oxygen atoms in total. The Morgan fingerprint density at radius 3 is 2.60 bits per heavy atom. The van der Waals surface area contributed by atoms with Gasteiger partial charge in [0.05, 0.1) is 23.8 Å². The molecular formula is C11H17N3O5S. The van der Waals surface area contributed by atoms with Crippen LogP contribution in [0.3, 0.4) is 0 Å². The molecule has 20 heavy (non-hydrogen) atoms. The van der Waals surface area contributed by atoms with E-state index in [0.29, 0.717) is 0 Å². The van der Waals surface area contributed by atoms with Crippen molar-refractivity contribution in [2.75, 3.05) is 12.9 Å². The second-order valence-corrected chi connectivity index (χ2v) is 6.74. The molecule has 2 rings (SSSR count). The highest BCUT2D eigenvalue weighted by Gasteiger charge is 2.25. The van der Waals surface area contributed by atoms with Gasteiger partial charge >= 0.3 is 5.69 Å². The van der Waals surface area contributed by atoms with Crippen molar-refractivity contribution >= 4 is 15.8 Å². The van der Waals surface area contributed by atoms with Gasteiger partial charge in [0, 0.05) is 0 Å².